The highest BCUT2D eigenvalue weighted by Crippen LogP contribution is 1.97. The lowest BCUT2D eigenvalue weighted by Gasteiger charge is -2.05. The van der Waals surface area contributed by atoms with Crippen LogP contribution < -0.4 is 16.6 Å². The summed E-state index contributed by atoms with van der Waals surface area (Å²) in [5, 5.41) is 15.4. The van der Waals surface area contributed by atoms with Crippen molar-refractivity contribution in [2.75, 3.05) is 25.0 Å². The summed E-state index contributed by atoms with van der Waals surface area (Å²) < 4.78 is 1.20. The minimum absolute atomic E-state index is 0.0948. The fourth-order valence-electron chi connectivity index (χ4n) is 1.01. The molecule has 0 aromatic carbocycles. The fraction of sp³-hybridized carbons (Fsp3) is 0.500. The summed E-state index contributed by atoms with van der Waals surface area (Å²) in [6, 6.07) is 1.43. The second kappa shape index (κ2) is 5.36. The van der Waals surface area contributed by atoms with Crippen molar-refractivity contribution in [1.29, 1.82) is 0 Å². The van der Waals surface area contributed by atoms with Crippen LogP contribution >= 0.6 is 0 Å². The van der Waals surface area contributed by atoms with Crippen LogP contribution in [0.25, 0.3) is 0 Å². The van der Waals surface area contributed by atoms with Crippen molar-refractivity contribution in [3.63, 3.8) is 0 Å². The Hall–Kier alpha value is -1.40. The number of aliphatic hydroxyl groups excluding tert-OH is 1. The van der Waals surface area contributed by atoms with Crippen LogP contribution in [0.3, 0.4) is 0 Å². The molecule has 0 aliphatic rings. The van der Waals surface area contributed by atoms with Gasteiger partial charge in [0.2, 0.25) is 0 Å². The van der Waals surface area contributed by atoms with Gasteiger partial charge in [-0.2, -0.15) is 5.10 Å². The van der Waals surface area contributed by atoms with Gasteiger partial charge in [-0.15, -0.1) is 0 Å². The Balaban J connectivity index is 2.73. The third-order valence-electron chi connectivity index (χ3n) is 1.65. The molecule has 6 heteroatoms. The number of rotatable bonds is 5. The van der Waals surface area contributed by atoms with Gasteiger partial charge in [0.1, 0.15) is 0 Å². The summed E-state index contributed by atoms with van der Waals surface area (Å²) in [4.78, 5) is 11.3. The summed E-state index contributed by atoms with van der Waals surface area (Å²) in [5.74, 6) is 0. The van der Waals surface area contributed by atoms with Crippen LogP contribution in [0.2, 0.25) is 0 Å². The van der Waals surface area contributed by atoms with Crippen molar-refractivity contribution >= 4 is 5.69 Å². The van der Waals surface area contributed by atoms with E-state index in [9.17, 15) is 4.79 Å². The van der Waals surface area contributed by atoms with Gasteiger partial charge in [0.05, 0.1) is 25.0 Å². The SMILES string of the molecule is NCCNc1cnn(CCO)c(=O)c1. The van der Waals surface area contributed by atoms with Crippen LogP contribution in [-0.2, 0) is 6.54 Å². The van der Waals surface area contributed by atoms with Crippen molar-refractivity contribution in [1.82, 2.24) is 9.78 Å². The Labute approximate surface area is 81.4 Å². The molecule has 1 heterocycles. The molecule has 1 aromatic heterocycles. The molecular formula is C8H14N4O2. The van der Waals surface area contributed by atoms with Crippen molar-refractivity contribution in [2.45, 2.75) is 6.54 Å². The standard InChI is InChI=1S/C8H14N4O2/c9-1-2-10-7-5-8(14)12(3-4-13)11-6-7/h5-6,10,13H,1-4,9H2. The van der Waals surface area contributed by atoms with Gasteiger partial charge in [-0.05, 0) is 0 Å². The van der Waals surface area contributed by atoms with E-state index >= 15 is 0 Å². The molecule has 14 heavy (non-hydrogen) atoms. The Bertz CT molecular complexity index is 336. The van der Waals surface area contributed by atoms with Crippen molar-refractivity contribution in [3.05, 3.63) is 22.6 Å². The molecule has 1 aromatic rings. The second-order valence-corrected chi connectivity index (χ2v) is 2.74. The Morgan fingerprint density at radius 1 is 1.64 bits per heavy atom. The average molecular weight is 198 g/mol. The molecule has 0 fully saturated rings. The van der Waals surface area contributed by atoms with Gasteiger partial charge in [0.15, 0.2) is 0 Å². The number of aliphatic hydroxyl groups is 1. The molecule has 0 saturated heterocycles. The minimum atomic E-state index is -0.235. The molecule has 0 atom stereocenters. The van der Waals surface area contributed by atoms with E-state index in [4.69, 9.17) is 10.8 Å². The number of hydrogen-bond acceptors (Lipinski definition) is 5. The molecule has 6 nitrogen and oxygen atoms in total. The highest BCUT2D eigenvalue weighted by molar-refractivity contribution is 5.38. The third kappa shape index (κ3) is 2.82. The number of nitrogens with zero attached hydrogens (tertiary/aromatic N) is 2. The molecule has 0 aliphatic heterocycles. The molecule has 0 radical (unpaired) electrons. The molecule has 4 N–H and O–H groups in total. The molecular weight excluding hydrogens is 184 g/mol. The molecule has 0 amide bonds. The van der Waals surface area contributed by atoms with Crippen LogP contribution in [0.1, 0.15) is 0 Å². The van der Waals surface area contributed by atoms with Crippen molar-refractivity contribution in [2.24, 2.45) is 5.73 Å². The topological polar surface area (TPSA) is 93.2 Å². The lowest BCUT2D eigenvalue weighted by molar-refractivity contribution is 0.266. The predicted molar refractivity (Wildman–Crippen MR) is 53.1 cm³/mol. The average Bonchev–Trinajstić information content (AvgIpc) is 2.19. The smallest absolute Gasteiger partial charge is 0.268 e. The number of anilines is 1. The van der Waals surface area contributed by atoms with Crippen LogP contribution in [0.15, 0.2) is 17.1 Å². The summed E-state index contributed by atoms with van der Waals surface area (Å²) in [6.07, 6.45) is 1.53. The van der Waals surface area contributed by atoms with E-state index in [-0.39, 0.29) is 18.7 Å². The molecule has 1 rings (SSSR count). The van der Waals surface area contributed by atoms with Crippen LogP contribution in [0.5, 0.6) is 0 Å². The minimum Gasteiger partial charge on any atom is -0.394 e. The Morgan fingerprint density at radius 3 is 3.00 bits per heavy atom. The number of hydrogen-bond donors (Lipinski definition) is 3. The van der Waals surface area contributed by atoms with E-state index in [0.717, 1.165) is 0 Å². The Morgan fingerprint density at radius 2 is 2.43 bits per heavy atom. The van der Waals surface area contributed by atoms with Gasteiger partial charge in [-0.1, -0.05) is 0 Å². The zero-order valence-corrected chi connectivity index (χ0v) is 7.81. The molecule has 0 saturated carbocycles. The van der Waals surface area contributed by atoms with E-state index in [1.165, 1.54) is 16.9 Å². The summed E-state index contributed by atoms with van der Waals surface area (Å²) >= 11 is 0. The van der Waals surface area contributed by atoms with E-state index < -0.39 is 0 Å². The first-order valence-electron chi connectivity index (χ1n) is 4.40. The molecule has 0 bridgehead atoms. The maximum atomic E-state index is 11.3. The first-order valence-corrected chi connectivity index (χ1v) is 4.40. The van der Waals surface area contributed by atoms with Gasteiger partial charge in [0, 0.05) is 19.2 Å². The highest BCUT2D eigenvalue weighted by atomic mass is 16.3. The van der Waals surface area contributed by atoms with Gasteiger partial charge < -0.3 is 16.2 Å². The fourth-order valence-corrected chi connectivity index (χ4v) is 1.01. The monoisotopic (exact) mass is 198 g/mol. The number of nitrogens with one attached hydrogen (secondary N) is 1. The first-order chi connectivity index (χ1) is 6.77. The predicted octanol–water partition coefficient (Wildman–Crippen LogP) is -1.39. The van der Waals surface area contributed by atoms with Gasteiger partial charge >= 0.3 is 0 Å². The van der Waals surface area contributed by atoms with Crippen LogP contribution in [0, 0.1) is 0 Å². The lowest BCUT2D eigenvalue weighted by Crippen LogP contribution is -2.24. The van der Waals surface area contributed by atoms with Crippen molar-refractivity contribution < 1.29 is 5.11 Å². The molecule has 78 valence electrons. The van der Waals surface area contributed by atoms with Crippen LogP contribution in [0.4, 0.5) is 5.69 Å². The summed E-state index contributed by atoms with van der Waals surface area (Å²) in [5.41, 5.74) is 5.71. The summed E-state index contributed by atoms with van der Waals surface area (Å²) in [7, 11) is 0. The molecule has 0 spiro atoms. The highest BCUT2D eigenvalue weighted by Gasteiger charge is 1.98. The third-order valence-corrected chi connectivity index (χ3v) is 1.65. The lowest BCUT2D eigenvalue weighted by atomic mass is 10.4. The largest absolute Gasteiger partial charge is 0.394 e. The maximum absolute atomic E-state index is 11.3. The number of nitrogens with two attached hydrogens (primary N) is 1. The summed E-state index contributed by atoms with van der Waals surface area (Å²) in [6.45, 7) is 1.23. The van der Waals surface area contributed by atoms with Gasteiger partial charge in [0.25, 0.3) is 5.56 Å². The van der Waals surface area contributed by atoms with Crippen molar-refractivity contribution in [3.8, 4) is 0 Å². The molecule has 0 unspecified atom stereocenters. The van der Waals surface area contributed by atoms with E-state index in [1.54, 1.807) is 0 Å². The quantitative estimate of drug-likeness (QED) is 0.541. The number of aromatic nitrogens is 2. The zero-order valence-electron chi connectivity index (χ0n) is 7.81. The van der Waals surface area contributed by atoms with E-state index in [2.05, 4.69) is 10.4 Å². The Kier molecular flexibility index (Phi) is 4.09. The van der Waals surface area contributed by atoms with E-state index in [0.29, 0.717) is 18.8 Å². The maximum Gasteiger partial charge on any atom is 0.268 e. The zero-order chi connectivity index (χ0) is 10.4. The van der Waals surface area contributed by atoms with E-state index in [1.807, 2.05) is 0 Å². The molecule has 0 aliphatic carbocycles. The first kappa shape index (κ1) is 10.7. The normalized spacial score (nSPS) is 10.1. The second-order valence-electron chi connectivity index (χ2n) is 2.74. The van der Waals surface area contributed by atoms with Crippen LogP contribution in [-0.4, -0.2) is 34.6 Å². The van der Waals surface area contributed by atoms with Gasteiger partial charge in [-0.3, -0.25) is 4.79 Å². The van der Waals surface area contributed by atoms with Gasteiger partial charge in [-0.25, -0.2) is 4.68 Å².